The minimum absolute atomic E-state index is 0.0450. The van der Waals surface area contributed by atoms with Gasteiger partial charge in [-0.25, -0.2) is 0 Å². The zero-order valence-corrected chi connectivity index (χ0v) is 25.5. The van der Waals surface area contributed by atoms with Gasteiger partial charge in [-0.3, -0.25) is 0 Å². The van der Waals surface area contributed by atoms with Crippen LogP contribution in [0.25, 0.3) is 33.2 Å². The van der Waals surface area contributed by atoms with Gasteiger partial charge in [-0.1, -0.05) is 78.9 Å². The minimum Gasteiger partial charge on any atom is -0.617 e. The van der Waals surface area contributed by atoms with Crippen LogP contribution in [0.5, 0.6) is 11.5 Å². The molecule has 7 rings (SSSR count). The summed E-state index contributed by atoms with van der Waals surface area (Å²) in [4.78, 5) is 0. The lowest BCUT2D eigenvalue weighted by Crippen LogP contribution is -2.46. The molecule has 0 radical (unpaired) electrons. The highest BCUT2D eigenvalue weighted by Gasteiger charge is 2.55. The largest absolute Gasteiger partial charge is 0.617 e. The second-order valence-corrected chi connectivity index (χ2v) is 14.0. The topological polar surface area (TPSA) is 83.3 Å². The third-order valence-corrected chi connectivity index (χ3v) is 12.5. The number of phenolic OH excluding ortho intramolecular Hbond substituents is 1. The Morgan fingerprint density at radius 1 is 0.600 bits per heavy atom. The fraction of sp³-hybridized carbons (Fsp3) is 0.0526. The average Bonchev–Trinajstić information content (AvgIpc) is 3.10. The number of phenols is 1. The fourth-order valence-corrected chi connectivity index (χ4v) is 10.8. The molecular formula is C38H30N2O4P+. The van der Waals surface area contributed by atoms with E-state index in [0.717, 1.165) is 25.4 Å². The summed E-state index contributed by atoms with van der Waals surface area (Å²) in [6, 6.07) is 45.8. The molecular weight excluding hydrogens is 579 g/mol. The number of rotatable bonds is 7. The molecule has 0 unspecified atom stereocenters. The number of hydrogen-bond donors (Lipinski definition) is 1. The quantitative estimate of drug-likeness (QED) is 0.110. The van der Waals surface area contributed by atoms with Crippen LogP contribution in [-0.4, -0.2) is 11.7 Å². The van der Waals surface area contributed by atoms with E-state index in [9.17, 15) is 15.5 Å². The van der Waals surface area contributed by atoms with E-state index in [4.69, 9.17) is 4.74 Å². The molecule has 1 aromatic heterocycles. The Bertz CT molecular complexity index is 2040. The van der Waals surface area contributed by atoms with Crippen molar-refractivity contribution < 1.29 is 19.3 Å². The molecule has 7 aromatic rings. The van der Waals surface area contributed by atoms with E-state index in [-0.39, 0.29) is 27.8 Å². The van der Waals surface area contributed by atoms with Crippen LogP contribution in [0.4, 0.5) is 0 Å². The molecule has 0 amide bonds. The Hall–Kier alpha value is -5.45. The van der Waals surface area contributed by atoms with E-state index < -0.39 is 7.26 Å². The zero-order valence-electron chi connectivity index (χ0n) is 24.6. The molecule has 7 heteroatoms. The third kappa shape index (κ3) is 4.54. The first-order valence-electron chi connectivity index (χ1n) is 14.8. The molecule has 6 nitrogen and oxygen atoms in total. The van der Waals surface area contributed by atoms with Crippen molar-refractivity contribution in [3.63, 3.8) is 0 Å². The molecule has 1 heterocycles. The highest BCUT2D eigenvalue weighted by Crippen LogP contribution is 2.58. The van der Waals surface area contributed by atoms with Crippen molar-refractivity contribution in [3.05, 3.63) is 156 Å². The van der Waals surface area contributed by atoms with E-state index in [1.165, 1.54) is 0 Å². The lowest BCUT2D eigenvalue weighted by Gasteiger charge is -2.28. The summed E-state index contributed by atoms with van der Waals surface area (Å²) in [6.45, 7) is 2.45. The summed E-state index contributed by atoms with van der Waals surface area (Å²) in [5.41, 5.74) is 1.93. The monoisotopic (exact) mass is 609 g/mol. The lowest BCUT2D eigenvalue weighted by molar-refractivity contribution is -0.590. The first-order valence-corrected chi connectivity index (χ1v) is 16.6. The van der Waals surface area contributed by atoms with Crippen LogP contribution in [0.3, 0.4) is 0 Å². The van der Waals surface area contributed by atoms with Gasteiger partial charge in [0.05, 0.1) is 6.61 Å². The predicted molar refractivity (Wildman–Crippen MR) is 182 cm³/mol. The fourth-order valence-electron chi connectivity index (χ4n) is 6.27. The van der Waals surface area contributed by atoms with Gasteiger partial charge in [0.15, 0.2) is 13.0 Å². The number of benzene rings is 6. The molecule has 0 saturated heterocycles. The van der Waals surface area contributed by atoms with Crippen molar-refractivity contribution in [3.8, 4) is 22.6 Å². The normalized spacial score (nSPS) is 11.6. The first kappa shape index (κ1) is 28.3. The molecule has 220 valence electrons. The molecule has 0 saturated carbocycles. The molecule has 45 heavy (non-hydrogen) atoms. The van der Waals surface area contributed by atoms with Gasteiger partial charge in [0, 0.05) is 23.8 Å². The van der Waals surface area contributed by atoms with Crippen molar-refractivity contribution in [2.45, 2.75) is 6.92 Å². The maximum absolute atomic E-state index is 14.6. The third-order valence-electron chi connectivity index (χ3n) is 8.21. The molecule has 0 aliphatic heterocycles. The maximum atomic E-state index is 14.6. The standard InChI is InChI=1S/C38H29N2O4P/c1-2-44-28-24-22-27(23-25-28)32-26-35-36(40(43)34-21-13-12-20-33(34)39(35)42)38(37(32)41)45(29-14-6-3-7-15-29,30-16-8-4-9-17-30)31-18-10-5-11-19-31/h3-26H,2H2,1H3/p+1. The van der Waals surface area contributed by atoms with Crippen molar-refractivity contribution in [1.29, 1.82) is 0 Å². The zero-order chi connectivity index (χ0) is 31.0. The SMILES string of the molecule is CCOc1ccc(-c2cc3c(c([P+](c4ccccc4)(c4ccccc4)c4ccccc4)c2O)[n+]([O-])c2ccccc2[n+]3[O-])cc1. The van der Waals surface area contributed by atoms with E-state index in [1.54, 1.807) is 30.3 Å². The van der Waals surface area contributed by atoms with Crippen LogP contribution < -0.4 is 35.4 Å². The summed E-state index contributed by atoms with van der Waals surface area (Å²) < 4.78 is 7.31. The number of aromatic nitrogens is 2. The highest BCUT2D eigenvalue weighted by molar-refractivity contribution is 8.02. The Kier molecular flexibility index (Phi) is 7.28. The molecule has 1 N–H and O–H groups in total. The number of ether oxygens (including phenoxy) is 1. The van der Waals surface area contributed by atoms with Gasteiger partial charge in [-0.15, -0.1) is 4.73 Å². The van der Waals surface area contributed by atoms with Crippen LogP contribution in [0, 0.1) is 10.4 Å². The number of hydrogen-bond acceptors (Lipinski definition) is 4. The second-order valence-electron chi connectivity index (χ2n) is 10.7. The number of fused-ring (bicyclic) bond motifs is 2. The smallest absolute Gasteiger partial charge is 0.338 e. The minimum atomic E-state index is -3.03. The summed E-state index contributed by atoms with van der Waals surface area (Å²) in [6.07, 6.45) is 0. The number of para-hydroxylation sites is 2. The maximum Gasteiger partial charge on any atom is 0.338 e. The van der Waals surface area contributed by atoms with Gasteiger partial charge in [0.1, 0.15) is 21.7 Å². The number of nitrogens with zero attached hydrogens (tertiary/aromatic N) is 2. The molecule has 0 fully saturated rings. The summed E-state index contributed by atoms with van der Waals surface area (Å²) in [5, 5.41) is 44.7. The lowest BCUT2D eigenvalue weighted by atomic mass is 10.0. The van der Waals surface area contributed by atoms with Gasteiger partial charge < -0.3 is 20.3 Å². The van der Waals surface area contributed by atoms with Crippen LogP contribution >= 0.6 is 7.26 Å². The van der Waals surface area contributed by atoms with Gasteiger partial charge in [-0.05, 0) is 61.0 Å². The predicted octanol–water partition coefficient (Wildman–Crippen LogP) is 5.65. The van der Waals surface area contributed by atoms with Crippen molar-refractivity contribution >= 4 is 50.5 Å². The van der Waals surface area contributed by atoms with E-state index in [2.05, 4.69) is 0 Å². The molecule has 6 aromatic carbocycles. The first-order chi connectivity index (χ1) is 22.1. The van der Waals surface area contributed by atoms with Crippen molar-refractivity contribution in [2.24, 2.45) is 0 Å². The van der Waals surface area contributed by atoms with Gasteiger partial charge >= 0.3 is 5.52 Å². The van der Waals surface area contributed by atoms with Crippen LogP contribution in [-0.2, 0) is 0 Å². The van der Waals surface area contributed by atoms with Gasteiger partial charge in [0.25, 0.3) is 16.6 Å². The Balaban J connectivity index is 1.74. The molecule has 0 bridgehead atoms. The summed E-state index contributed by atoms with van der Waals surface area (Å²) in [5.74, 6) is 0.653. The average molecular weight is 610 g/mol. The number of aromatic hydroxyl groups is 1. The molecule has 0 spiro atoms. The second kappa shape index (κ2) is 11.6. The Labute approximate surface area is 261 Å². The Morgan fingerprint density at radius 3 is 1.56 bits per heavy atom. The van der Waals surface area contributed by atoms with Gasteiger partial charge in [-0.2, -0.15) is 4.73 Å². The molecule has 0 atom stereocenters. The van der Waals surface area contributed by atoms with Crippen LogP contribution in [0.15, 0.2) is 146 Å². The molecule has 0 aliphatic rings. The van der Waals surface area contributed by atoms with Crippen molar-refractivity contribution in [2.75, 3.05) is 6.61 Å². The highest BCUT2D eigenvalue weighted by atomic mass is 31.2. The Morgan fingerprint density at radius 2 is 1.07 bits per heavy atom. The summed E-state index contributed by atoms with van der Waals surface area (Å²) in [7, 11) is -3.03. The van der Waals surface area contributed by atoms with Crippen molar-refractivity contribution in [1.82, 2.24) is 0 Å². The van der Waals surface area contributed by atoms with E-state index >= 15 is 0 Å². The van der Waals surface area contributed by atoms with E-state index in [1.807, 2.05) is 122 Å². The van der Waals surface area contributed by atoms with E-state index in [0.29, 0.717) is 28.8 Å². The van der Waals surface area contributed by atoms with Gasteiger partial charge in [0.2, 0.25) is 5.30 Å². The van der Waals surface area contributed by atoms with Crippen LogP contribution in [0.2, 0.25) is 0 Å². The summed E-state index contributed by atoms with van der Waals surface area (Å²) >= 11 is 0. The molecule has 0 aliphatic carbocycles. The van der Waals surface area contributed by atoms with Crippen LogP contribution in [0.1, 0.15) is 6.92 Å².